The van der Waals surface area contributed by atoms with E-state index in [-0.39, 0.29) is 11.7 Å². The van der Waals surface area contributed by atoms with Gasteiger partial charge in [0, 0.05) is 6.54 Å². The van der Waals surface area contributed by atoms with Gasteiger partial charge in [0.25, 0.3) is 0 Å². The lowest BCUT2D eigenvalue weighted by Gasteiger charge is -2.29. The Hall–Kier alpha value is -2.42. The molecule has 1 amide bonds. The molecule has 2 nitrogen and oxygen atoms in total. The summed E-state index contributed by atoms with van der Waals surface area (Å²) in [6.07, 6.45) is 13.3. The van der Waals surface area contributed by atoms with Crippen LogP contribution in [0.2, 0.25) is 0 Å². The van der Waals surface area contributed by atoms with Crippen LogP contribution >= 0.6 is 0 Å². The van der Waals surface area contributed by atoms with Crippen molar-refractivity contribution in [3.05, 3.63) is 72.1 Å². The van der Waals surface area contributed by atoms with Crippen LogP contribution in [0.5, 0.6) is 0 Å². The third kappa shape index (κ3) is 7.05. The highest BCUT2D eigenvalue weighted by Crippen LogP contribution is 2.38. The van der Waals surface area contributed by atoms with E-state index in [2.05, 4.69) is 43.1 Å². The molecule has 0 radical (unpaired) electrons. The fourth-order valence-electron chi connectivity index (χ4n) is 4.91. The van der Waals surface area contributed by atoms with Crippen molar-refractivity contribution in [1.82, 2.24) is 5.32 Å². The summed E-state index contributed by atoms with van der Waals surface area (Å²) in [5.41, 5.74) is 4.09. The molecule has 1 saturated carbocycles. The van der Waals surface area contributed by atoms with Gasteiger partial charge in [0.05, 0.1) is 0 Å². The SMILES string of the molecule is C=CC(=O)NCCCc1ccc(-c2ccc(C3CCC(CCCCC)CC3)cc2)cc1F. The summed E-state index contributed by atoms with van der Waals surface area (Å²) in [6.45, 7) is 6.22. The molecule has 2 aromatic carbocycles. The minimum absolute atomic E-state index is 0.178. The highest BCUT2D eigenvalue weighted by molar-refractivity contribution is 5.86. The van der Waals surface area contributed by atoms with Gasteiger partial charge in [0.2, 0.25) is 5.91 Å². The number of halogens is 1. The molecule has 3 heteroatoms. The van der Waals surface area contributed by atoms with E-state index < -0.39 is 0 Å². The second-order valence-corrected chi connectivity index (χ2v) is 9.24. The van der Waals surface area contributed by atoms with Gasteiger partial charge in [-0.2, -0.15) is 0 Å². The summed E-state index contributed by atoms with van der Waals surface area (Å²) in [4.78, 5) is 11.2. The summed E-state index contributed by atoms with van der Waals surface area (Å²) in [5, 5.41) is 2.73. The first-order valence-electron chi connectivity index (χ1n) is 12.4. The van der Waals surface area contributed by atoms with Crippen molar-refractivity contribution in [2.75, 3.05) is 6.54 Å². The molecule has 2 aromatic rings. The molecule has 3 rings (SSSR count). The number of hydrogen-bond donors (Lipinski definition) is 1. The molecule has 0 heterocycles. The van der Waals surface area contributed by atoms with Crippen LogP contribution < -0.4 is 5.32 Å². The maximum atomic E-state index is 14.6. The Morgan fingerprint density at radius 2 is 1.75 bits per heavy atom. The molecule has 32 heavy (non-hydrogen) atoms. The van der Waals surface area contributed by atoms with Crippen molar-refractivity contribution < 1.29 is 9.18 Å². The van der Waals surface area contributed by atoms with E-state index in [1.807, 2.05) is 12.1 Å². The molecule has 0 atom stereocenters. The van der Waals surface area contributed by atoms with E-state index in [0.29, 0.717) is 30.9 Å². The summed E-state index contributed by atoms with van der Waals surface area (Å²) in [7, 11) is 0. The second-order valence-electron chi connectivity index (χ2n) is 9.24. The van der Waals surface area contributed by atoms with E-state index in [0.717, 1.165) is 17.0 Å². The van der Waals surface area contributed by atoms with Gasteiger partial charge in [-0.1, -0.05) is 75.6 Å². The smallest absolute Gasteiger partial charge is 0.243 e. The third-order valence-electron chi connectivity index (χ3n) is 6.94. The van der Waals surface area contributed by atoms with Gasteiger partial charge in [0.15, 0.2) is 0 Å². The highest BCUT2D eigenvalue weighted by Gasteiger charge is 2.22. The lowest BCUT2D eigenvalue weighted by atomic mass is 9.77. The molecule has 0 bridgehead atoms. The standard InChI is InChI=1S/C29H38FNO/c1-3-5-6-8-22-10-12-23(13-11-22)24-14-16-25(17-15-24)27-19-18-26(28(30)21-27)9-7-20-31-29(32)4-2/h4,14-19,21-23H,2-3,5-13,20H2,1H3,(H,31,32). The average molecular weight is 436 g/mol. The normalized spacial score (nSPS) is 18.3. The van der Waals surface area contributed by atoms with Gasteiger partial charge in [-0.15, -0.1) is 0 Å². The number of aryl methyl sites for hydroxylation is 1. The molecule has 0 unspecified atom stereocenters. The summed E-state index contributed by atoms with van der Waals surface area (Å²) >= 11 is 0. The minimum Gasteiger partial charge on any atom is -0.353 e. The van der Waals surface area contributed by atoms with Gasteiger partial charge >= 0.3 is 0 Å². The summed E-state index contributed by atoms with van der Waals surface area (Å²) < 4.78 is 14.6. The first-order valence-corrected chi connectivity index (χ1v) is 12.4. The first kappa shape index (κ1) is 24.2. The zero-order chi connectivity index (χ0) is 22.8. The fraction of sp³-hybridized carbons (Fsp3) is 0.483. The number of nitrogens with one attached hydrogen (secondary N) is 1. The Morgan fingerprint density at radius 3 is 2.41 bits per heavy atom. The van der Waals surface area contributed by atoms with Crippen LogP contribution in [0.25, 0.3) is 11.1 Å². The molecular weight excluding hydrogens is 397 g/mol. The first-order chi connectivity index (χ1) is 15.6. The molecular formula is C29H38FNO. The van der Waals surface area contributed by atoms with Gasteiger partial charge in [-0.3, -0.25) is 4.79 Å². The predicted molar refractivity (Wildman–Crippen MR) is 132 cm³/mol. The van der Waals surface area contributed by atoms with Crippen LogP contribution in [0, 0.1) is 11.7 Å². The molecule has 0 aromatic heterocycles. The minimum atomic E-state index is -0.190. The lowest BCUT2D eigenvalue weighted by molar-refractivity contribution is -0.116. The summed E-state index contributed by atoms with van der Waals surface area (Å²) in [6, 6.07) is 14.3. The number of amides is 1. The van der Waals surface area contributed by atoms with Crippen LogP contribution in [0.3, 0.4) is 0 Å². The molecule has 0 spiro atoms. The molecule has 1 N–H and O–H groups in total. The molecule has 0 saturated heterocycles. The maximum Gasteiger partial charge on any atom is 0.243 e. The molecule has 1 aliphatic rings. The Balaban J connectivity index is 1.52. The van der Waals surface area contributed by atoms with Crippen molar-refractivity contribution in [2.24, 2.45) is 5.92 Å². The van der Waals surface area contributed by atoms with E-state index >= 15 is 0 Å². The zero-order valence-electron chi connectivity index (χ0n) is 19.5. The van der Waals surface area contributed by atoms with Gasteiger partial charge in [-0.25, -0.2) is 4.39 Å². The summed E-state index contributed by atoms with van der Waals surface area (Å²) in [5.74, 6) is 1.23. The number of carbonyl (C=O) groups is 1. The van der Waals surface area contributed by atoms with Crippen LogP contribution in [0.1, 0.15) is 81.8 Å². The van der Waals surface area contributed by atoms with Crippen molar-refractivity contribution in [2.45, 2.75) is 77.0 Å². The number of benzene rings is 2. The second kappa shape index (κ2) is 12.6. The van der Waals surface area contributed by atoms with E-state index in [1.54, 1.807) is 6.07 Å². The Morgan fingerprint density at radius 1 is 1.03 bits per heavy atom. The predicted octanol–water partition coefficient (Wildman–Crippen LogP) is 7.58. The van der Waals surface area contributed by atoms with Crippen LogP contribution in [-0.2, 0) is 11.2 Å². The van der Waals surface area contributed by atoms with Gasteiger partial charge in [-0.05, 0) is 84.8 Å². The Bertz CT molecular complexity index is 865. The average Bonchev–Trinajstić information content (AvgIpc) is 2.83. The molecule has 0 aliphatic heterocycles. The van der Waals surface area contributed by atoms with E-state index in [9.17, 15) is 9.18 Å². The van der Waals surface area contributed by atoms with Crippen LogP contribution in [0.4, 0.5) is 4.39 Å². The number of unbranched alkanes of at least 4 members (excludes halogenated alkanes) is 2. The molecule has 1 fully saturated rings. The lowest BCUT2D eigenvalue weighted by Crippen LogP contribution is -2.22. The largest absolute Gasteiger partial charge is 0.353 e. The van der Waals surface area contributed by atoms with Crippen LogP contribution in [-0.4, -0.2) is 12.5 Å². The molecule has 172 valence electrons. The van der Waals surface area contributed by atoms with E-state index in [4.69, 9.17) is 0 Å². The fourth-order valence-corrected chi connectivity index (χ4v) is 4.91. The third-order valence-corrected chi connectivity index (χ3v) is 6.94. The number of carbonyl (C=O) groups excluding carboxylic acids is 1. The van der Waals surface area contributed by atoms with Gasteiger partial charge < -0.3 is 5.32 Å². The quantitative estimate of drug-likeness (QED) is 0.286. The molecule has 1 aliphatic carbocycles. The number of hydrogen-bond acceptors (Lipinski definition) is 1. The van der Waals surface area contributed by atoms with E-state index in [1.165, 1.54) is 63.0 Å². The Kier molecular flexibility index (Phi) is 9.52. The highest BCUT2D eigenvalue weighted by atomic mass is 19.1. The monoisotopic (exact) mass is 435 g/mol. The van der Waals surface area contributed by atoms with Gasteiger partial charge in [0.1, 0.15) is 5.82 Å². The topological polar surface area (TPSA) is 29.1 Å². The van der Waals surface area contributed by atoms with Crippen molar-refractivity contribution in [3.8, 4) is 11.1 Å². The van der Waals surface area contributed by atoms with Crippen molar-refractivity contribution >= 4 is 5.91 Å². The number of rotatable bonds is 11. The maximum absolute atomic E-state index is 14.6. The van der Waals surface area contributed by atoms with Crippen molar-refractivity contribution in [3.63, 3.8) is 0 Å². The van der Waals surface area contributed by atoms with Crippen LogP contribution in [0.15, 0.2) is 55.1 Å². The Labute approximate surface area is 193 Å². The zero-order valence-corrected chi connectivity index (χ0v) is 19.5. The van der Waals surface area contributed by atoms with Crippen molar-refractivity contribution in [1.29, 1.82) is 0 Å².